The monoisotopic (exact) mass is 343 g/mol. The molecule has 1 atom stereocenters. The number of aryl methyl sites for hydroxylation is 2. The maximum Gasteiger partial charge on any atom is 0.322 e. The van der Waals surface area contributed by atoms with Gasteiger partial charge in [-0.05, 0) is 51.0 Å². The van der Waals surface area contributed by atoms with Crippen LogP contribution in [-0.4, -0.2) is 29.2 Å². The van der Waals surface area contributed by atoms with E-state index in [1.165, 1.54) is 0 Å². The number of carbonyl (C=O) groups is 1. The lowest BCUT2D eigenvalue weighted by Crippen LogP contribution is -2.34. The molecule has 0 saturated carbocycles. The van der Waals surface area contributed by atoms with Gasteiger partial charge in [0.15, 0.2) is 0 Å². The van der Waals surface area contributed by atoms with Crippen LogP contribution in [-0.2, 0) is 6.42 Å². The van der Waals surface area contributed by atoms with Gasteiger partial charge in [0.2, 0.25) is 0 Å². The molecule has 0 bridgehead atoms. The fourth-order valence-electron chi connectivity index (χ4n) is 3.41. The molecule has 0 spiro atoms. The van der Waals surface area contributed by atoms with Crippen molar-refractivity contribution in [2.75, 3.05) is 18.5 Å². The molecule has 1 aromatic heterocycles. The molecule has 1 saturated heterocycles. The van der Waals surface area contributed by atoms with E-state index >= 15 is 0 Å². The number of aromatic nitrogens is 1. The molecule has 2 heterocycles. The average molecular weight is 343 g/mol. The van der Waals surface area contributed by atoms with Crippen LogP contribution in [0, 0.1) is 6.92 Å². The van der Waals surface area contributed by atoms with Crippen LogP contribution in [0.1, 0.15) is 49.7 Å². The molecule has 134 valence electrons. The maximum absolute atomic E-state index is 12.8. The maximum atomic E-state index is 12.8. The van der Waals surface area contributed by atoms with Crippen LogP contribution in [0.2, 0.25) is 0 Å². The van der Waals surface area contributed by atoms with E-state index in [4.69, 9.17) is 9.26 Å². The number of benzene rings is 1. The largest absolute Gasteiger partial charge is 0.494 e. The van der Waals surface area contributed by atoms with Crippen LogP contribution >= 0.6 is 0 Å². The molecule has 1 aliphatic rings. The van der Waals surface area contributed by atoms with Crippen molar-refractivity contribution in [3.05, 3.63) is 41.3 Å². The van der Waals surface area contributed by atoms with Gasteiger partial charge in [-0.1, -0.05) is 12.1 Å². The van der Waals surface area contributed by atoms with Gasteiger partial charge in [0.05, 0.1) is 18.3 Å². The first-order chi connectivity index (χ1) is 12.1. The summed E-state index contributed by atoms with van der Waals surface area (Å²) in [5, 5.41) is 7.07. The third kappa shape index (κ3) is 3.62. The second-order valence-electron chi connectivity index (χ2n) is 6.20. The summed E-state index contributed by atoms with van der Waals surface area (Å²) in [5.41, 5.74) is 2.71. The zero-order valence-electron chi connectivity index (χ0n) is 15.0. The van der Waals surface area contributed by atoms with E-state index in [0.29, 0.717) is 6.61 Å². The van der Waals surface area contributed by atoms with Crippen LogP contribution < -0.4 is 10.1 Å². The van der Waals surface area contributed by atoms with E-state index in [0.717, 1.165) is 54.3 Å². The zero-order valence-corrected chi connectivity index (χ0v) is 15.0. The van der Waals surface area contributed by atoms with Crippen molar-refractivity contribution in [2.24, 2.45) is 0 Å². The molecular weight excluding hydrogens is 318 g/mol. The lowest BCUT2D eigenvalue weighted by atomic mass is 10.0. The zero-order chi connectivity index (χ0) is 17.8. The highest BCUT2D eigenvalue weighted by molar-refractivity contribution is 5.89. The summed E-state index contributed by atoms with van der Waals surface area (Å²) in [6.07, 6.45) is 2.70. The van der Waals surface area contributed by atoms with E-state index in [2.05, 4.69) is 10.5 Å². The minimum Gasteiger partial charge on any atom is -0.494 e. The van der Waals surface area contributed by atoms with E-state index in [1.807, 2.05) is 49.9 Å². The first kappa shape index (κ1) is 17.3. The first-order valence-corrected chi connectivity index (χ1v) is 8.89. The summed E-state index contributed by atoms with van der Waals surface area (Å²) < 4.78 is 10.8. The Morgan fingerprint density at radius 2 is 2.12 bits per heavy atom. The number of amides is 2. The van der Waals surface area contributed by atoms with Gasteiger partial charge in [-0.25, -0.2) is 4.79 Å². The summed E-state index contributed by atoms with van der Waals surface area (Å²) >= 11 is 0. The molecule has 0 unspecified atom stereocenters. The molecule has 1 N–H and O–H groups in total. The van der Waals surface area contributed by atoms with Crippen molar-refractivity contribution in [1.82, 2.24) is 10.1 Å². The molecule has 25 heavy (non-hydrogen) atoms. The number of likely N-dealkylation sites (tertiary alicyclic amines) is 1. The first-order valence-electron chi connectivity index (χ1n) is 8.89. The van der Waals surface area contributed by atoms with Gasteiger partial charge in [0.25, 0.3) is 0 Å². The van der Waals surface area contributed by atoms with Gasteiger partial charge in [-0.15, -0.1) is 0 Å². The molecule has 1 aliphatic heterocycles. The molecule has 0 radical (unpaired) electrons. The number of urea groups is 1. The highest BCUT2D eigenvalue weighted by Gasteiger charge is 2.34. The van der Waals surface area contributed by atoms with Crippen LogP contribution in [0.15, 0.2) is 28.8 Å². The molecular formula is C19H25N3O3. The Morgan fingerprint density at radius 1 is 1.36 bits per heavy atom. The molecule has 2 aromatic rings. The minimum atomic E-state index is -0.0886. The van der Waals surface area contributed by atoms with Gasteiger partial charge < -0.3 is 19.5 Å². The van der Waals surface area contributed by atoms with Gasteiger partial charge in [-0.2, -0.15) is 0 Å². The van der Waals surface area contributed by atoms with Gasteiger partial charge in [0, 0.05) is 24.2 Å². The summed E-state index contributed by atoms with van der Waals surface area (Å²) in [4.78, 5) is 14.7. The molecule has 6 heteroatoms. The normalized spacial score (nSPS) is 16.9. The predicted octanol–water partition coefficient (Wildman–Crippen LogP) is 4.31. The number of ether oxygens (including phenoxy) is 1. The number of rotatable bonds is 5. The van der Waals surface area contributed by atoms with Crippen LogP contribution in [0.5, 0.6) is 5.75 Å². The molecule has 6 nitrogen and oxygen atoms in total. The lowest BCUT2D eigenvalue weighted by molar-refractivity contribution is 0.206. The van der Waals surface area contributed by atoms with Crippen LogP contribution in [0.25, 0.3) is 0 Å². The van der Waals surface area contributed by atoms with Crippen molar-refractivity contribution in [3.8, 4) is 5.75 Å². The van der Waals surface area contributed by atoms with E-state index in [-0.39, 0.29) is 12.1 Å². The number of nitrogens with one attached hydrogen (secondary N) is 1. The quantitative estimate of drug-likeness (QED) is 0.878. The highest BCUT2D eigenvalue weighted by atomic mass is 16.5. The van der Waals surface area contributed by atoms with Crippen LogP contribution in [0.4, 0.5) is 10.5 Å². The van der Waals surface area contributed by atoms with E-state index < -0.39 is 0 Å². The van der Waals surface area contributed by atoms with Crippen molar-refractivity contribution in [2.45, 2.75) is 46.1 Å². The lowest BCUT2D eigenvalue weighted by Gasteiger charge is -2.25. The van der Waals surface area contributed by atoms with Crippen molar-refractivity contribution >= 4 is 11.7 Å². The predicted molar refractivity (Wildman–Crippen MR) is 95.9 cm³/mol. The molecule has 0 aliphatic carbocycles. The molecule has 2 amide bonds. The van der Waals surface area contributed by atoms with E-state index in [9.17, 15) is 4.79 Å². The summed E-state index contributed by atoms with van der Waals surface area (Å²) in [6, 6.07) is 7.38. The fraction of sp³-hybridized carbons (Fsp3) is 0.474. The van der Waals surface area contributed by atoms with Crippen LogP contribution in [0.3, 0.4) is 0 Å². The van der Waals surface area contributed by atoms with Crippen molar-refractivity contribution in [1.29, 1.82) is 0 Å². The van der Waals surface area contributed by atoms with Gasteiger partial charge >= 0.3 is 6.03 Å². The highest BCUT2D eigenvalue weighted by Crippen LogP contribution is 2.36. The van der Waals surface area contributed by atoms with Crippen molar-refractivity contribution < 1.29 is 14.1 Å². The Balaban J connectivity index is 1.73. The Morgan fingerprint density at radius 3 is 2.80 bits per heavy atom. The summed E-state index contributed by atoms with van der Waals surface area (Å²) in [6.45, 7) is 7.29. The second-order valence-corrected chi connectivity index (χ2v) is 6.20. The van der Waals surface area contributed by atoms with Gasteiger partial charge in [-0.3, -0.25) is 0 Å². The Bertz CT molecular complexity index is 724. The van der Waals surface area contributed by atoms with E-state index in [1.54, 1.807) is 0 Å². The number of nitrogens with zero attached hydrogens (tertiary/aromatic N) is 2. The molecule has 1 fully saturated rings. The van der Waals surface area contributed by atoms with Crippen molar-refractivity contribution in [3.63, 3.8) is 0 Å². The number of carbonyl (C=O) groups excluding carboxylic acids is 1. The third-order valence-corrected chi connectivity index (χ3v) is 4.57. The smallest absolute Gasteiger partial charge is 0.322 e. The Hall–Kier alpha value is -2.50. The Labute approximate surface area is 148 Å². The molecule has 1 aromatic carbocycles. The Kier molecular flexibility index (Phi) is 5.26. The SMILES string of the molecule is CCOc1ccc(NC(=O)N2CCC[C@@H]2c2c(C)noc2CC)cc1. The number of hydrogen-bond donors (Lipinski definition) is 1. The summed E-state index contributed by atoms with van der Waals surface area (Å²) in [7, 11) is 0. The fourth-order valence-corrected chi connectivity index (χ4v) is 3.41. The minimum absolute atomic E-state index is 0.0314. The second kappa shape index (κ2) is 7.59. The average Bonchev–Trinajstić information content (AvgIpc) is 3.22. The standard InChI is InChI=1S/C19H25N3O3/c1-4-17-18(13(3)21-25-17)16-7-6-12-22(16)19(23)20-14-8-10-15(11-9-14)24-5-2/h8-11,16H,4-7,12H2,1-3H3,(H,20,23)/t16-/m1/s1. The number of hydrogen-bond acceptors (Lipinski definition) is 4. The summed E-state index contributed by atoms with van der Waals surface area (Å²) in [5.74, 6) is 1.68. The van der Waals surface area contributed by atoms with Gasteiger partial charge in [0.1, 0.15) is 11.5 Å². The third-order valence-electron chi connectivity index (χ3n) is 4.57. The topological polar surface area (TPSA) is 67.6 Å². The molecule has 3 rings (SSSR count). The number of anilines is 1.